The molecular weight excluding hydrogens is 374 g/mol. The lowest BCUT2D eigenvalue weighted by Crippen LogP contribution is -2.13. The number of hydrogen-bond acceptors (Lipinski definition) is 5. The van der Waals surface area contributed by atoms with Crippen LogP contribution in [0.2, 0.25) is 0 Å². The molecule has 1 aromatic carbocycles. The van der Waals surface area contributed by atoms with Gasteiger partial charge in [-0.05, 0) is 30.7 Å². The minimum Gasteiger partial charge on any atom is -0.444 e. The van der Waals surface area contributed by atoms with E-state index in [1.54, 1.807) is 10.8 Å². The molecule has 2 heterocycles. The van der Waals surface area contributed by atoms with Gasteiger partial charge >= 0.3 is 5.97 Å². The number of rotatable bonds is 10. The molecule has 0 saturated heterocycles. The van der Waals surface area contributed by atoms with E-state index in [9.17, 15) is 9.00 Å². The summed E-state index contributed by atoms with van der Waals surface area (Å²) in [6.07, 6.45) is 6.18. The summed E-state index contributed by atoms with van der Waals surface area (Å²) >= 11 is 0. The highest BCUT2D eigenvalue weighted by Gasteiger charge is 2.18. The van der Waals surface area contributed by atoms with Crippen LogP contribution in [0.4, 0.5) is 0 Å². The van der Waals surface area contributed by atoms with Crippen LogP contribution in [0.1, 0.15) is 44.7 Å². The highest BCUT2D eigenvalue weighted by Crippen LogP contribution is 2.20. The van der Waals surface area contributed by atoms with Gasteiger partial charge < -0.3 is 4.74 Å². The second-order valence-electron chi connectivity index (χ2n) is 6.58. The highest BCUT2D eigenvalue weighted by molar-refractivity contribution is 7.84. The van der Waals surface area contributed by atoms with Crippen LogP contribution in [0, 0.1) is 0 Å². The summed E-state index contributed by atoms with van der Waals surface area (Å²) < 4.78 is 20.1. The summed E-state index contributed by atoms with van der Waals surface area (Å²) in [5.41, 5.74) is 2.25. The standard InChI is InChI=1S/C21H25N3O3S/c1-2-3-4-5-13-20(25)27-16-24-19-12-7-6-11-18(19)23-21(24)28(26)15-17-10-8-9-14-22-17/h6-12,14H,2-5,13,15-16H2,1H3. The van der Waals surface area contributed by atoms with Crippen LogP contribution in [0.5, 0.6) is 0 Å². The Hall–Kier alpha value is -2.54. The largest absolute Gasteiger partial charge is 0.444 e. The molecule has 0 radical (unpaired) electrons. The number of hydrogen-bond donors (Lipinski definition) is 0. The van der Waals surface area contributed by atoms with Gasteiger partial charge in [-0.1, -0.05) is 44.4 Å². The molecule has 148 valence electrons. The van der Waals surface area contributed by atoms with Gasteiger partial charge in [0.1, 0.15) is 0 Å². The van der Waals surface area contributed by atoms with Crippen molar-refractivity contribution in [1.29, 1.82) is 0 Å². The molecule has 0 aliphatic heterocycles. The van der Waals surface area contributed by atoms with Crippen molar-refractivity contribution in [3.63, 3.8) is 0 Å². The first-order valence-electron chi connectivity index (χ1n) is 9.58. The number of carbonyl (C=O) groups excluding carboxylic acids is 1. The third-order valence-corrected chi connectivity index (χ3v) is 5.69. The fourth-order valence-electron chi connectivity index (χ4n) is 2.94. The van der Waals surface area contributed by atoms with Gasteiger partial charge in [-0.2, -0.15) is 0 Å². The number of aromatic nitrogens is 3. The third kappa shape index (κ3) is 5.25. The number of fused-ring (bicyclic) bond motifs is 1. The summed E-state index contributed by atoms with van der Waals surface area (Å²) in [7, 11) is -1.40. The van der Waals surface area contributed by atoms with Crippen molar-refractivity contribution < 1.29 is 13.7 Å². The third-order valence-electron chi connectivity index (χ3n) is 4.42. The Morgan fingerprint density at radius 2 is 1.93 bits per heavy atom. The molecule has 0 fully saturated rings. The Morgan fingerprint density at radius 1 is 1.11 bits per heavy atom. The molecule has 0 amide bonds. The van der Waals surface area contributed by atoms with Crippen molar-refractivity contribution in [1.82, 2.24) is 14.5 Å². The van der Waals surface area contributed by atoms with Crippen molar-refractivity contribution in [2.75, 3.05) is 0 Å². The minimum atomic E-state index is -1.40. The first kappa shape index (κ1) is 20.2. The van der Waals surface area contributed by atoms with Crippen molar-refractivity contribution in [3.05, 3.63) is 54.4 Å². The zero-order chi connectivity index (χ0) is 19.8. The van der Waals surface area contributed by atoms with E-state index in [4.69, 9.17) is 4.74 Å². The lowest BCUT2D eigenvalue weighted by molar-refractivity contribution is -0.147. The summed E-state index contributed by atoms with van der Waals surface area (Å²) in [5.74, 6) is 0.0186. The second-order valence-corrected chi connectivity index (χ2v) is 7.92. The minimum absolute atomic E-state index is 0.0103. The summed E-state index contributed by atoms with van der Waals surface area (Å²) in [6, 6.07) is 13.0. The normalized spacial score (nSPS) is 12.2. The Morgan fingerprint density at radius 3 is 2.71 bits per heavy atom. The van der Waals surface area contributed by atoms with Crippen LogP contribution in [0.25, 0.3) is 11.0 Å². The fourth-order valence-corrected chi connectivity index (χ4v) is 4.10. The maximum atomic E-state index is 12.9. The van der Waals surface area contributed by atoms with E-state index in [2.05, 4.69) is 16.9 Å². The van der Waals surface area contributed by atoms with Gasteiger partial charge in [0.15, 0.2) is 6.73 Å². The molecule has 7 heteroatoms. The lowest BCUT2D eigenvalue weighted by atomic mass is 10.2. The van der Waals surface area contributed by atoms with Gasteiger partial charge in [-0.15, -0.1) is 0 Å². The second kappa shape index (κ2) is 10.1. The van der Waals surface area contributed by atoms with Gasteiger partial charge in [-0.25, -0.2) is 4.98 Å². The topological polar surface area (TPSA) is 74.1 Å². The van der Waals surface area contributed by atoms with E-state index in [1.165, 1.54) is 0 Å². The highest BCUT2D eigenvalue weighted by atomic mass is 32.2. The van der Waals surface area contributed by atoms with Crippen molar-refractivity contribution in [2.24, 2.45) is 0 Å². The zero-order valence-corrected chi connectivity index (χ0v) is 16.9. The van der Waals surface area contributed by atoms with E-state index < -0.39 is 10.8 Å². The van der Waals surface area contributed by atoms with Crippen LogP contribution >= 0.6 is 0 Å². The molecule has 0 bridgehead atoms. The molecule has 2 aromatic heterocycles. The van der Waals surface area contributed by atoms with E-state index in [-0.39, 0.29) is 18.5 Å². The Kier molecular flexibility index (Phi) is 7.31. The van der Waals surface area contributed by atoms with E-state index in [1.807, 2.05) is 42.5 Å². The van der Waals surface area contributed by atoms with Gasteiger partial charge in [0, 0.05) is 12.6 Å². The molecular formula is C21H25N3O3S. The number of nitrogens with zero attached hydrogens (tertiary/aromatic N) is 3. The van der Waals surface area contributed by atoms with Gasteiger partial charge in [0.05, 0.1) is 33.3 Å². The monoisotopic (exact) mass is 399 g/mol. The molecule has 0 N–H and O–H groups in total. The smallest absolute Gasteiger partial charge is 0.307 e. The molecule has 1 unspecified atom stereocenters. The number of imidazole rings is 1. The average Bonchev–Trinajstić information content (AvgIpc) is 3.09. The molecule has 0 spiro atoms. The maximum absolute atomic E-state index is 12.9. The van der Waals surface area contributed by atoms with Crippen LogP contribution in [-0.2, 0) is 32.8 Å². The van der Waals surface area contributed by atoms with E-state index in [0.717, 1.165) is 42.4 Å². The summed E-state index contributed by atoms with van der Waals surface area (Å²) in [5, 5.41) is 0.394. The van der Waals surface area contributed by atoms with Crippen molar-refractivity contribution in [2.45, 2.75) is 56.7 Å². The molecule has 0 aliphatic rings. The van der Waals surface area contributed by atoms with Gasteiger partial charge in [0.2, 0.25) is 5.16 Å². The molecule has 0 saturated carbocycles. The van der Waals surface area contributed by atoms with Crippen LogP contribution < -0.4 is 0 Å². The number of carbonyl (C=O) groups is 1. The molecule has 3 rings (SSSR count). The number of unbranched alkanes of at least 4 members (excludes halogenated alkanes) is 3. The predicted octanol–water partition coefficient (Wildman–Crippen LogP) is 4.21. The summed E-state index contributed by atoms with van der Waals surface area (Å²) in [4.78, 5) is 20.8. The van der Waals surface area contributed by atoms with Crippen LogP contribution in [-0.4, -0.2) is 24.7 Å². The van der Waals surface area contributed by atoms with Gasteiger partial charge in [0.25, 0.3) is 0 Å². The maximum Gasteiger partial charge on any atom is 0.307 e. The predicted molar refractivity (Wildman–Crippen MR) is 109 cm³/mol. The number of benzene rings is 1. The number of pyridine rings is 1. The zero-order valence-electron chi connectivity index (χ0n) is 16.0. The first-order valence-corrected chi connectivity index (χ1v) is 10.9. The Bertz CT molecular complexity index is 940. The Labute approximate surface area is 167 Å². The van der Waals surface area contributed by atoms with Crippen LogP contribution in [0.15, 0.2) is 53.8 Å². The molecule has 28 heavy (non-hydrogen) atoms. The number of ether oxygens (including phenoxy) is 1. The quantitative estimate of drug-likeness (QED) is 0.377. The van der Waals surface area contributed by atoms with Crippen molar-refractivity contribution in [3.8, 4) is 0 Å². The molecule has 1 atom stereocenters. The molecule has 6 nitrogen and oxygen atoms in total. The lowest BCUT2D eigenvalue weighted by Gasteiger charge is -2.10. The summed E-state index contributed by atoms with van der Waals surface area (Å²) in [6.45, 7) is 2.14. The van der Waals surface area contributed by atoms with E-state index >= 15 is 0 Å². The number of esters is 1. The van der Waals surface area contributed by atoms with E-state index in [0.29, 0.717) is 11.6 Å². The fraction of sp³-hybridized carbons (Fsp3) is 0.381. The van der Waals surface area contributed by atoms with Gasteiger partial charge in [-0.3, -0.25) is 18.6 Å². The SMILES string of the molecule is CCCCCCC(=O)OCn1c(S(=O)Cc2ccccn2)nc2ccccc21. The molecule has 0 aliphatic carbocycles. The van der Waals surface area contributed by atoms with Crippen molar-refractivity contribution >= 4 is 27.8 Å². The number of para-hydroxylation sites is 2. The first-order chi connectivity index (χ1) is 13.7. The van der Waals surface area contributed by atoms with Crippen LogP contribution in [0.3, 0.4) is 0 Å². The molecule has 3 aromatic rings. The average molecular weight is 400 g/mol. The Balaban J connectivity index is 1.74.